The number of ether oxygens (including phenoxy) is 2. The maximum atomic E-state index is 12.0. The first-order valence-electron chi connectivity index (χ1n) is 8.82. The summed E-state index contributed by atoms with van der Waals surface area (Å²) in [6, 6.07) is 9.62. The Labute approximate surface area is 175 Å². The van der Waals surface area contributed by atoms with Gasteiger partial charge in [-0.15, -0.1) is 0 Å². The van der Waals surface area contributed by atoms with Gasteiger partial charge in [0.25, 0.3) is 0 Å². The second-order valence-electron chi connectivity index (χ2n) is 6.03. The summed E-state index contributed by atoms with van der Waals surface area (Å²) in [6.45, 7) is 2.70. The van der Waals surface area contributed by atoms with E-state index in [9.17, 15) is 13.2 Å². The van der Waals surface area contributed by atoms with E-state index in [0.29, 0.717) is 41.7 Å². The number of hydrogen-bond donors (Lipinski definition) is 2. The van der Waals surface area contributed by atoms with Gasteiger partial charge in [-0.3, -0.25) is 4.79 Å². The molecule has 2 rings (SSSR count). The van der Waals surface area contributed by atoms with Gasteiger partial charge < -0.3 is 14.8 Å². The number of carbonyl (C=O) groups is 1. The number of primary sulfonamides is 1. The topological polar surface area (TPSA) is 108 Å². The molecule has 0 spiro atoms. The average Bonchev–Trinajstić information content (AvgIpc) is 2.68. The Morgan fingerprint density at radius 3 is 2.52 bits per heavy atom. The van der Waals surface area contributed by atoms with Crippen LogP contribution in [-0.2, 0) is 21.2 Å². The van der Waals surface area contributed by atoms with Crippen LogP contribution in [0.15, 0.2) is 47.4 Å². The van der Waals surface area contributed by atoms with Crippen molar-refractivity contribution in [3.05, 3.63) is 58.6 Å². The zero-order valence-corrected chi connectivity index (χ0v) is 17.7. The number of sulfonamides is 1. The van der Waals surface area contributed by atoms with Crippen molar-refractivity contribution in [2.45, 2.75) is 18.2 Å². The Kier molecular flexibility index (Phi) is 8.07. The van der Waals surface area contributed by atoms with E-state index in [0.717, 1.165) is 5.56 Å². The molecule has 156 valence electrons. The van der Waals surface area contributed by atoms with Crippen molar-refractivity contribution in [2.75, 3.05) is 20.3 Å². The summed E-state index contributed by atoms with van der Waals surface area (Å²) in [5.74, 6) is 0.684. The molecular formula is C20H23ClN2O5S. The summed E-state index contributed by atoms with van der Waals surface area (Å²) >= 11 is 6.21. The third-order valence-electron chi connectivity index (χ3n) is 3.93. The molecule has 9 heteroatoms. The summed E-state index contributed by atoms with van der Waals surface area (Å²) in [7, 11) is -2.19. The molecule has 0 radical (unpaired) electrons. The molecular weight excluding hydrogens is 416 g/mol. The van der Waals surface area contributed by atoms with Crippen LogP contribution in [0.2, 0.25) is 5.02 Å². The van der Waals surface area contributed by atoms with Crippen LogP contribution in [0.4, 0.5) is 0 Å². The lowest BCUT2D eigenvalue weighted by Crippen LogP contribution is -2.23. The van der Waals surface area contributed by atoms with Gasteiger partial charge in [0.2, 0.25) is 15.9 Å². The van der Waals surface area contributed by atoms with Crippen LogP contribution in [0.1, 0.15) is 18.1 Å². The minimum Gasteiger partial charge on any atom is -0.493 e. The van der Waals surface area contributed by atoms with E-state index in [-0.39, 0.29) is 10.8 Å². The predicted octanol–water partition coefficient (Wildman–Crippen LogP) is 2.77. The number of methoxy groups -OCH3 is 1. The highest BCUT2D eigenvalue weighted by Gasteiger charge is 2.11. The van der Waals surface area contributed by atoms with Gasteiger partial charge in [-0.25, -0.2) is 13.6 Å². The zero-order chi connectivity index (χ0) is 21.4. The second-order valence-corrected chi connectivity index (χ2v) is 8.00. The summed E-state index contributed by atoms with van der Waals surface area (Å²) in [6.07, 6.45) is 3.57. The molecule has 2 aromatic carbocycles. The van der Waals surface area contributed by atoms with Gasteiger partial charge in [0.1, 0.15) is 0 Å². The van der Waals surface area contributed by atoms with Crippen LogP contribution < -0.4 is 19.9 Å². The Hall–Kier alpha value is -2.55. The normalized spacial score (nSPS) is 11.4. The summed E-state index contributed by atoms with van der Waals surface area (Å²) < 4.78 is 33.2. The molecule has 0 bridgehead atoms. The Bertz CT molecular complexity index is 989. The van der Waals surface area contributed by atoms with Gasteiger partial charge >= 0.3 is 0 Å². The van der Waals surface area contributed by atoms with Crippen molar-refractivity contribution in [1.82, 2.24) is 5.32 Å². The highest BCUT2D eigenvalue weighted by molar-refractivity contribution is 7.89. The number of benzene rings is 2. The van der Waals surface area contributed by atoms with E-state index < -0.39 is 10.0 Å². The second kappa shape index (κ2) is 10.3. The van der Waals surface area contributed by atoms with E-state index in [4.69, 9.17) is 26.2 Å². The number of nitrogens with one attached hydrogen (secondary N) is 1. The first-order valence-corrected chi connectivity index (χ1v) is 10.7. The molecule has 29 heavy (non-hydrogen) atoms. The van der Waals surface area contributed by atoms with Gasteiger partial charge in [-0.05, 0) is 54.8 Å². The van der Waals surface area contributed by atoms with Crippen LogP contribution in [0, 0.1) is 0 Å². The van der Waals surface area contributed by atoms with E-state index >= 15 is 0 Å². The van der Waals surface area contributed by atoms with E-state index in [2.05, 4.69) is 5.32 Å². The van der Waals surface area contributed by atoms with Crippen molar-refractivity contribution < 1.29 is 22.7 Å². The number of halogens is 1. The smallest absolute Gasteiger partial charge is 0.244 e. The lowest BCUT2D eigenvalue weighted by Gasteiger charge is -2.11. The van der Waals surface area contributed by atoms with Gasteiger partial charge in [0.15, 0.2) is 11.5 Å². The Morgan fingerprint density at radius 2 is 1.93 bits per heavy atom. The predicted molar refractivity (Wildman–Crippen MR) is 113 cm³/mol. The summed E-state index contributed by atoms with van der Waals surface area (Å²) in [4.78, 5) is 12.1. The quantitative estimate of drug-likeness (QED) is 0.585. The highest BCUT2D eigenvalue weighted by Crippen LogP contribution is 2.36. The van der Waals surface area contributed by atoms with Crippen molar-refractivity contribution in [3.8, 4) is 11.5 Å². The molecule has 3 N–H and O–H groups in total. The maximum Gasteiger partial charge on any atom is 0.244 e. The SMILES string of the molecule is CCOc1c(Cl)cc(/C=C/C(=O)NCCc2ccc(S(N)(=O)=O)cc2)cc1OC. The molecule has 0 heterocycles. The van der Waals surface area contributed by atoms with Crippen molar-refractivity contribution in [1.29, 1.82) is 0 Å². The standard InChI is InChI=1S/C20H23ClN2O5S/c1-3-28-20-17(21)12-15(13-18(20)27-2)6-9-19(24)23-11-10-14-4-7-16(8-5-14)29(22,25)26/h4-9,12-13H,3,10-11H2,1-2H3,(H,23,24)(H2,22,25,26)/b9-6+. The first kappa shape index (κ1) is 22.7. The third-order valence-corrected chi connectivity index (χ3v) is 5.14. The number of nitrogens with two attached hydrogens (primary N) is 1. The van der Waals surface area contributed by atoms with Crippen LogP contribution in [0.5, 0.6) is 11.5 Å². The first-order chi connectivity index (χ1) is 13.7. The van der Waals surface area contributed by atoms with Gasteiger partial charge in [-0.1, -0.05) is 23.7 Å². The van der Waals surface area contributed by atoms with Crippen LogP contribution in [0.3, 0.4) is 0 Å². The fraction of sp³-hybridized carbons (Fsp3) is 0.250. The van der Waals surface area contributed by atoms with Gasteiger partial charge in [0, 0.05) is 12.6 Å². The zero-order valence-electron chi connectivity index (χ0n) is 16.1. The average molecular weight is 439 g/mol. The number of rotatable bonds is 9. The maximum absolute atomic E-state index is 12.0. The lowest BCUT2D eigenvalue weighted by atomic mass is 10.1. The number of amides is 1. The Morgan fingerprint density at radius 1 is 1.24 bits per heavy atom. The third kappa shape index (κ3) is 6.77. The molecule has 7 nitrogen and oxygen atoms in total. The molecule has 0 atom stereocenters. The molecule has 1 amide bonds. The summed E-state index contributed by atoms with van der Waals surface area (Å²) in [5, 5.41) is 8.22. The molecule has 0 saturated heterocycles. The van der Waals surface area contributed by atoms with E-state index in [1.54, 1.807) is 30.3 Å². The minimum absolute atomic E-state index is 0.0534. The molecule has 0 saturated carbocycles. The van der Waals surface area contributed by atoms with Gasteiger partial charge in [0.05, 0.1) is 23.6 Å². The molecule has 0 aliphatic carbocycles. The monoisotopic (exact) mass is 438 g/mol. The molecule has 0 fully saturated rings. The molecule has 0 aromatic heterocycles. The van der Waals surface area contributed by atoms with E-state index in [1.807, 2.05) is 6.92 Å². The van der Waals surface area contributed by atoms with Crippen LogP contribution in [-0.4, -0.2) is 34.6 Å². The Balaban J connectivity index is 1.92. The lowest BCUT2D eigenvalue weighted by molar-refractivity contribution is -0.116. The van der Waals surface area contributed by atoms with Crippen LogP contribution in [0.25, 0.3) is 6.08 Å². The van der Waals surface area contributed by atoms with Crippen molar-refractivity contribution >= 4 is 33.6 Å². The molecule has 0 unspecified atom stereocenters. The largest absolute Gasteiger partial charge is 0.493 e. The highest BCUT2D eigenvalue weighted by atomic mass is 35.5. The van der Waals surface area contributed by atoms with Crippen molar-refractivity contribution in [2.24, 2.45) is 5.14 Å². The fourth-order valence-electron chi connectivity index (χ4n) is 2.53. The fourth-order valence-corrected chi connectivity index (χ4v) is 3.32. The van der Waals surface area contributed by atoms with Crippen LogP contribution >= 0.6 is 11.6 Å². The van der Waals surface area contributed by atoms with E-state index in [1.165, 1.54) is 25.3 Å². The van der Waals surface area contributed by atoms with Gasteiger partial charge in [-0.2, -0.15) is 0 Å². The number of carbonyl (C=O) groups excluding carboxylic acids is 1. The minimum atomic E-state index is -3.71. The number of hydrogen-bond acceptors (Lipinski definition) is 5. The molecule has 0 aliphatic heterocycles. The molecule has 2 aromatic rings. The molecule has 0 aliphatic rings. The van der Waals surface area contributed by atoms with Crippen molar-refractivity contribution in [3.63, 3.8) is 0 Å². The summed E-state index contributed by atoms with van der Waals surface area (Å²) in [5.41, 5.74) is 1.58.